The molecule has 1 atom stereocenters. The smallest absolute Gasteiger partial charge is 0.0145 e. The normalized spacial score (nSPS) is 31.8. The lowest BCUT2D eigenvalue weighted by molar-refractivity contribution is 0.304. The quantitative estimate of drug-likeness (QED) is 0.584. The molecule has 0 aromatic carbocycles. The van der Waals surface area contributed by atoms with E-state index in [0.717, 1.165) is 0 Å². The van der Waals surface area contributed by atoms with E-state index in [1.807, 2.05) is 0 Å². The summed E-state index contributed by atoms with van der Waals surface area (Å²) in [6.07, 6.45) is 16.7. The average Bonchev–Trinajstić information content (AvgIpc) is 2.25. The van der Waals surface area contributed by atoms with Crippen molar-refractivity contribution in [2.75, 3.05) is 20.1 Å². The van der Waals surface area contributed by atoms with Crippen molar-refractivity contribution >= 4 is 0 Å². The van der Waals surface area contributed by atoms with Crippen LogP contribution in [-0.2, 0) is 0 Å². The monoisotopic (exact) mass is 203 g/mol. The molecule has 0 spiro atoms. The standard InChI is InChI=1S/C14H21N/c1-15-11-7-3-2-4-8-13-9-5-6-10-14(13)12-15/h5-6,8-10,14H,2-4,7,11-12H2,1H3/b13-8+. The molecule has 1 unspecified atom stereocenters. The lowest BCUT2D eigenvalue weighted by Crippen LogP contribution is -2.27. The molecule has 2 aliphatic rings. The predicted octanol–water partition coefficient (Wildman–Crippen LogP) is 3.16. The maximum absolute atomic E-state index is 2.47. The van der Waals surface area contributed by atoms with Crippen molar-refractivity contribution in [2.24, 2.45) is 5.92 Å². The van der Waals surface area contributed by atoms with E-state index in [0.29, 0.717) is 5.92 Å². The largest absolute Gasteiger partial charge is 0.305 e. The van der Waals surface area contributed by atoms with Gasteiger partial charge in [0.25, 0.3) is 0 Å². The summed E-state index contributed by atoms with van der Waals surface area (Å²) < 4.78 is 0. The molecular weight excluding hydrogens is 182 g/mol. The lowest BCUT2D eigenvalue weighted by Gasteiger charge is -2.25. The van der Waals surface area contributed by atoms with Gasteiger partial charge in [-0.05, 0) is 38.4 Å². The first-order valence-electron chi connectivity index (χ1n) is 6.10. The molecule has 0 saturated carbocycles. The second-order valence-corrected chi connectivity index (χ2v) is 4.67. The molecule has 0 bridgehead atoms. The van der Waals surface area contributed by atoms with Gasteiger partial charge in [-0.3, -0.25) is 0 Å². The van der Waals surface area contributed by atoms with Gasteiger partial charge < -0.3 is 4.90 Å². The Hall–Kier alpha value is -0.820. The van der Waals surface area contributed by atoms with E-state index < -0.39 is 0 Å². The maximum Gasteiger partial charge on any atom is 0.0145 e. The molecular formula is C14H21N. The highest BCUT2D eigenvalue weighted by Crippen LogP contribution is 2.22. The highest BCUT2D eigenvalue weighted by molar-refractivity contribution is 5.33. The SMILES string of the molecule is CN1CCCCC/C=C2\C=CC=CC2C1. The van der Waals surface area contributed by atoms with Crippen molar-refractivity contribution in [2.45, 2.75) is 25.7 Å². The van der Waals surface area contributed by atoms with E-state index in [-0.39, 0.29) is 0 Å². The lowest BCUT2D eigenvalue weighted by atomic mass is 9.92. The summed E-state index contributed by atoms with van der Waals surface area (Å²) in [7, 11) is 2.24. The Bertz CT molecular complexity index is 286. The average molecular weight is 203 g/mol. The number of allylic oxidation sites excluding steroid dienone is 4. The molecule has 1 heteroatoms. The van der Waals surface area contributed by atoms with Crippen molar-refractivity contribution in [3.8, 4) is 0 Å². The Morgan fingerprint density at radius 1 is 1.20 bits per heavy atom. The summed E-state index contributed by atoms with van der Waals surface area (Å²) in [5.74, 6) is 0.623. The van der Waals surface area contributed by atoms with E-state index in [1.165, 1.54) is 44.3 Å². The number of hydrogen-bond donors (Lipinski definition) is 0. The van der Waals surface area contributed by atoms with Crippen molar-refractivity contribution in [3.05, 3.63) is 36.0 Å². The molecule has 0 saturated heterocycles. The van der Waals surface area contributed by atoms with Crippen LogP contribution in [-0.4, -0.2) is 25.0 Å². The van der Waals surface area contributed by atoms with Gasteiger partial charge in [0.2, 0.25) is 0 Å². The van der Waals surface area contributed by atoms with Crippen molar-refractivity contribution in [1.29, 1.82) is 0 Å². The maximum atomic E-state index is 2.47. The van der Waals surface area contributed by atoms with Crippen LogP contribution in [0, 0.1) is 5.92 Å². The Morgan fingerprint density at radius 3 is 3.07 bits per heavy atom. The summed E-state index contributed by atoms with van der Waals surface area (Å²) in [5, 5.41) is 0. The molecule has 0 fully saturated rings. The molecule has 0 aromatic rings. The van der Waals surface area contributed by atoms with Gasteiger partial charge in [0.15, 0.2) is 0 Å². The predicted molar refractivity (Wildman–Crippen MR) is 65.8 cm³/mol. The third kappa shape index (κ3) is 3.07. The number of rotatable bonds is 0. The molecule has 1 nitrogen and oxygen atoms in total. The molecule has 0 radical (unpaired) electrons. The van der Waals surface area contributed by atoms with E-state index in [4.69, 9.17) is 0 Å². The van der Waals surface area contributed by atoms with Crippen LogP contribution in [0.15, 0.2) is 36.0 Å². The van der Waals surface area contributed by atoms with Crippen molar-refractivity contribution < 1.29 is 0 Å². The summed E-state index contributed by atoms with van der Waals surface area (Å²) in [6.45, 7) is 2.42. The van der Waals surface area contributed by atoms with Gasteiger partial charge in [-0.25, -0.2) is 0 Å². The molecule has 82 valence electrons. The molecule has 1 heterocycles. The fourth-order valence-corrected chi connectivity index (χ4v) is 2.38. The molecule has 0 amide bonds. The second-order valence-electron chi connectivity index (χ2n) is 4.67. The van der Waals surface area contributed by atoms with Gasteiger partial charge in [0.05, 0.1) is 0 Å². The fourth-order valence-electron chi connectivity index (χ4n) is 2.38. The van der Waals surface area contributed by atoms with E-state index >= 15 is 0 Å². The van der Waals surface area contributed by atoms with Gasteiger partial charge in [0.1, 0.15) is 0 Å². The Morgan fingerprint density at radius 2 is 2.13 bits per heavy atom. The van der Waals surface area contributed by atoms with Crippen LogP contribution in [0.2, 0.25) is 0 Å². The summed E-state index contributed by atoms with van der Waals surface area (Å²) in [6, 6.07) is 0. The minimum atomic E-state index is 0.623. The van der Waals surface area contributed by atoms with Crippen LogP contribution in [0.25, 0.3) is 0 Å². The van der Waals surface area contributed by atoms with Gasteiger partial charge in [0, 0.05) is 12.5 Å². The second kappa shape index (κ2) is 5.32. The molecule has 0 N–H and O–H groups in total. The van der Waals surface area contributed by atoms with Gasteiger partial charge in [-0.15, -0.1) is 0 Å². The van der Waals surface area contributed by atoms with Crippen LogP contribution in [0.3, 0.4) is 0 Å². The summed E-state index contributed by atoms with van der Waals surface area (Å²) >= 11 is 0. The van der Waals surface area contributed by atoms with Crippen LogP contribution in [0.1, 0.15) is 25.7 Å². The van der Waals surface area contributed by atoms with E-state index in [9.17, 15) is 0 Å². The third-order valence-electron chi connectivity index (χ3n) is 3.30. The zero-order valence-corrected chi connectivity index (χ0v) is 9.65. The van der Waals surface area contributed by atoms with Gasteiger partial charge in [-0.1, -0.05) is 36.8 Å². The Balaban J connectivity index is 2.09. The number of hydrogen-bond acceptors (Lipinski definition) is 1. The zero-order valence-electron chi connectivity index (χ0n) is 9.65. The van der Waals surface area contributed by atoms with Crippen LogP contribution in [0.4, 0.5) is 0 Å². The molecule has 1 aliphatic carbocycles. The minimum Gasteiger partial charge on any atom is -0.305 e. The molecule has 1 aliphatic heterocycles. The highest BCUT2D eigenvalue weighted by Gasteiger charge is 2.14. The molecule has 2 rings (SSSR count). The summed E-state index contributed by atoms with van der Waals surface area (Å²) in [4.78, 5) is 2.47. The first-order valence-corrected chi connectivity index (χ1v) is 6.10. The number of nitrogens with zero attached hydrogens (tertiary/aromatic N) is 1. The van der Waals surface area contributed by atoms with Gasteiger partial charge >= 0.3 is 0 Å². The molecule has 0 aromatic heterocycles. The minimum absolute atomic E-state index is 0.623. The van der Waals surface area contributed by atoms with E-state index in [1.54, 1.807) is 0 Å². The first kappa shape index (κ1) is 10.7. The summed E-state index contributed by atoms with van der Waals surface area (Å²) in [5.41, 5.74) is 1.52. The van der Waals surface area contributed by atoms with Crippen molar-refractivity contribution in [3.63, 3.8) is 0 Å². The first-order chi connectivity index (χ1) is 7.36. The zero-order chi connectivity index (χ0) is 10.5. The van der Waals surface area contributed by atoms with E-state index in [2.05, 4.69) is 42.3 Å². The van der Waals surface area contributed by atoms with Crippen LogP contribution in [0.5, 0.6) is 0 Å². The third-order valence-corrected chi connectivity index (χ3v) is 3.30. The number of fused-ring (bicyclic) bond motifs is 1. The highest BCUT2D eigenvalue weighted by atomic mass is 15.1. The topological polar surface area (TPSA) is 3.24 Å². The van der Waals surface area contributed by atoms with Crippen LogP contribution < -0.4 is 0 Å². The van der Waals surface area contributed by atoms with Gasteiger partial charge in [-0.2, -0.15) is 0 Å². The fraction of sp³-hybridized carbons (Fsp3) is 0.571. The molecule has 15 heavy (non-hydrogen) atoms. The van der Waals surface area contributed by atoms with Crippen LogP contribution >= 0.6 is 0 Å². The Kier molecular flexibility index (Phi) is 3.79. The van der Waals surface area contributed by atoms with Crippen molar-refractivity contribution in [1.82, 2.24) is 4.90 Å². The Labute approximate surface area is 93.2 Å².